The number of halogens is 1. The van der Waals surface area contributed by atoms with Gasteiger partial charge in [-0.2, -0.15) is 0 Å². The molecule has 76 valence electrons. The lowest BCUT2D eigenvalue weighted by Crippen LogP contribution is -2.33. The van der Waals surface area contributed by atoms with Crippen LogP contribution in [-0.2, 0) is 0 Å². The second-order valence-corrected chi connectivity index (χ2v) is 3.20. The average molecular weight is 262 g/mol. The predicted molar refractivity (Wildman–Crippen MR) is 52.2 cm³/mol. The van der Waals surface area contributed by atoms with E-state index in [1.54, 1.807) is 0 Å². The summed E-state index contributed by atoms with van der Waals surface area (Å²) in [6, 6.07) is 1.52. The SMILES string of the molecule is N/C(CNC(=O)c1coc(Br)c1)=N\O. The quantitative estimate of drug-likeness (QED) is 0.320. The van der Waals surface area contributed by atoms with Gasteiger partial charge in [0.2, 0.25) is 0 Å². The van der Waals surface area contributed by atoms with Crippen LogP contribution < -0.4 is 11.1 Å². The predicted octanol–water partition coefficient (Wildman–Crippen LogP) is 0.518. The Morgan fingerprint density at radius 2 is 2.50 bits per heavy atom. The molecule has 0 fully saturated rings. The van der Waals surface area contributed by atoms with E-state index in [0.717, 1.165) is 0 Å². The number of nitrogens with two attached hydrogens (primary N) is 1. The summed E-state index contributed by atoms with van der Waals surface area (Å²) in [7, 11) is 0. The van der Waals surface area contributed by atoms with Crippen molar-refractivity contribution in [1.29, 1.82) is 0 Å². The summed E-state index contributed by atoms with van der Waals surface area (Å²) in [5.74, 6) is -0.424. The third kappa shape index (κ3) is 2.77. The summed E-state index contributed by atoms with van der Waals surface area (Å²) in [6.45, 7) is -0.0157. The molecule has 1 heterocycles. The fourth-order valence-electron chi connectivity index (χ4n) is 0.737. The molecule has 14 heavy (non-hydrogen) atoms. The second kappa shape index (κ2) is 4.66. The van der Waals surface area contributed by atoms with E-state index in [2.05, 4.69) is 26.4 Å². The topological polar surface area (TPSA) is 101 Å². The van der Waals surface area contributed by atoms with E-state index >= 15 is 0 Å². The van der Waals surface area contributed by atoms with Gasteiger partial charge >= 0.3 is 0 Å². The fourth-order valence-corrected chi connectivity index (χ4v) is 1.08. The highest BCUT2D eigenvalue weighted by Crippen LogP contribution is 2.13. The molecule has 0 unspecified atom stereocenters. The molecular weight excluding hydrogens is 254 g/mol. The van der Waals surface area contributed by atoms with Gasteiger partial charge in [0.15, 0.2) is 10.5 Å². The standard InChI is InChI=1S/C7H8BrN3O3/c8-5-1-4(3-14-5)7(12)10-2-6(9)11-13/h1,3,13H,2H2,(H2,9,11)(H,10,12). The second-order valence-electron chi connectivity index (χ2n) is 2.41. The summed E-state index contributed by atoms with van der Waals surface area (Å²) in [5, 5.41) is 13.3. The molecule has 1 rings (SSSR count). The van der Waals surface area contributed by atoms with Crippen molar-refractivity contribution in [2.45, 2.75) is 0 Å². The minimum absolute atomic E-state index is 0.0157. The van der Waals surface area contributed by atoms with Crippen LogP contribution >= 0.6 is 15.9 Å². The van der Waals surface area contributed by atoms with Gasteiger partial charge in [-0.1, -0.05) is 5.16 Å². The maximum absolute atomic E-state index is 11.3. The van der Waals surface area contributed by atoms with E-state index in [4.69, 9.17) is 15.4 Å². The third-order valence-electron chi connectivity index (χ3n) is 1.39. The molecule has 0 atom stereocenters. The molecule has 0 aromatic carbocycles. The van der Waals surface area contributed by atoms with Crippen molar-refractivity contribution >= 4 is 27.7 Å². The first-order valence-electron chi connectivity index (χ1n) is 3.62. The van der Waals surface area contributed by atoms with Gasteiger partial charge in [0, 0.05) is 6.07 Å². The molecule has 0 spiro atoms. The van der Waals surface area contributed by atoms with Crippen molar-refractivity contribution in [3.05, 3.63) is 22.6 Å². The number of hydrogen-bond donors (Lipinski definition) is 3. The summed E-state index contributed by atoms with van der Waals surface area (Å²) >= 11 is 3.06. The smallest absolute Gasteiger partial charge is 0.254 e. The molecule has 0 bridgehead atoms. The van der Waals surface area contributed by atoms with E-state index in [-0.39, 0.29) is 18.3 Å². The van der Waals surface area contributed by atoms with Crippen LogP contribution in [0.25, 0.3) is 0 Å². The Labute approximate surface area is 87.9 Å². The van der Waals surface area contributed by atoms with Crippen LogP contribution in [0.15, 0.2) is 26.6 Å². The maximum Gasteiger partial charge on any atom is 0.254 e. The monoisotopic (exact) mass is 261 g/mol. The van der Waals surface area contributed by atoms with Crippen LogP contribution in [0, 0.1) is 0 Å². The number of carbonyl (C=O) groups is 1. The van der Waals surface area contributed by atoms with E-state index < -0.39 is 0 Å². The van der Waals surface area contributed by atoms with Crippen LogP contribution in [-0.4, -0.2) is 23.5 Å². The van der Waals surface area contributed by atoms with Crippen molar-refractivity contribution in [2.24, 2.45) is 10.9 Å². The van der Waals surface area contributed by atoms with Gasteiger partial charge < -0.3 is 20.7 Å². The van der Waals surface area contributed by atoms with Gasteiger partial charge in [-0.05, 0) is 15.9 Å². The highest BCUT2D eigenvalue weighted by molar-refractivity contribution is 9.10. The van der Waals surface area contributed by atoms with Crippen LogP contribution in [0.3, 0.4) is 0 Å². The van der Waals surface area contributed by atoms with Gasteiger partial charge in [0.05, 0.1) is 12.1 Å². The normalized spacial score (nSPS) is 11.4. The van der Waals surface area contributed by atoms with Gasteiger partial charge in [-0.15, -0.1) is 0 Å². The zero-order chi connectivity index (χ0) is 10.6. The first kappa shape index (κ1) is 10.6. The third-order valence-corrected chi connectivity index (χ3v) is 1.80. The number of nitrogens with zero attached hydrogens (tertiary/aromatic N) is 1. The Bertz CT molecular complexity index is 361. The minimum Gasteiger partial charge on any atom is -0.457 e. The Hall–Kier alpha value is -1.50. The number of amides is 1. The number of hydrogen-bond acceptors (Lipinski definition) is 4. The summed E-state index contributed by atoms with van der Waals surface area (Å²) in [5.41, 5.74) is 5.52. The van der Waals surface area contributed by atoms with Crippen LogP contribution in [0.2, 0.25) is 0 Å². The van der Waals surface area contributed by atoms with E-state index in [1.165, 1.54) is 12.3 Å². The number of rotatable bonds is 3. The van der Waals surface area contributed by atoms with Crippen LogP contribution in [0.4, 0.5) is 0 Å². The number of carbonyl (C=O) groups excluding carboxylic acids is 1. The molecular formula is C7H8BrN3O3. The molecule has 1 aromatic rings. The molecule has 0 aliphatic carbocycles. The van der Waals surface area contributed by atoms with E-state index in [9.17, 15) is 4.79 Å². The van der Waals surface area contributed by atoms with Crippen molar-refractivity contribution in [2.75, 3.05) is 6.54 Å². The Balaban J connectivity index is 2.51. The lowest BCUT2D eigenvalue weighted by molar-refractivity contribution is 0.0958. The average Bonchev–Trinajstić information content (AvgIpc) is 2.60. The number of nitrogens with one attached hydrogen (secondary N) is 1. The summed E-state index contributed by atoms with van der Waals surface area (Å²) in [4.78, 5) is 11.3. The van der Waals surface area contributed by atoms with Crippen LogP contribution in [0.5, 0.6) is 0 Å². The number of amidine groups is 1. The molecule has 0 saturated carbocycles. The molecule has 6 nitrogen and oxygen atoms in total. The van der Waals surface area contributed by atoms with Gasteiger partial charge in [0.25, 0.3) is 5.91 Å². The van der Waals surface area contributed by atoms with Gasteiger partial charge in [-0.25, -0.2) is 0 Å². The number of oxime groups is 1. The molecule has 1 aromatic heterocycles. The fraction of sp³-hybridized carbons (Fsp3) is 0.143. The molecule has 1 amide bonds. The molecule has 0 saturated heterocycles. The Morgan fingerprint density at radius 1 is 1.79 bits per heavy atom. The molecule has 7 heteroatoms. The highest BCUT2D eigenvalue weighted by Gasteiger charge is 2.08. The van der Waals surface area contributed by atoms with Gasteiger partial charge in [0.1, 0.15) is 6.26 Å². The minimum atomic E-state index is -0.356. The first-order valence-corrected chi connectivity index (χ1v) is 4.41. The number of furan rings is 1. The maximum atomic E-state index is 11.3. The van der Waals surface area contributed by atoms with E-state index in [1.807, 2.05) is 0 Å². The summed E-state index contributed by atoms with van der Waals surface area (Å²) < 4.78 is 5.33. The zero-order valence-corrected chi connectivity index (χ0v) is 8.61. The van der Waals surface area contributed by atoms with Crippen molar-refractivity contribution < 1.29 is 14.4 Å². The Kier molecular flexibility index (Phi) is 3.52. The summed E-state index contributed by atoms with van der Waals surface area (Å²) in [6.07, 6.45) is 1.30. The van der Waals surface area contributed by atoms with Crippen molar-refractivity contribution in [1.82, 2.24) is 5.32 Å². The van der Waals surface area contributed by atoms with Crippen molar-refractivity contribution in [3.63, 3.8) is 0 Å². The van der Waals surface area contributed by atoms with Gasteiger partial charge in [-0.3, -0.25) is 4.79 Å². The Morgan fingerprint density at radius 3 is 3.00 bits per heavy atom. The lowest BCUT2D eigenvalue weighted by Gasteiger charge is -2.00. The highest BCUT2D eigenvalue weighted by atomic mass is 79.9. The molecule has 0 aliphatic rings. The lowest BCUT2D eigenvalue weighted by atomic mass is 10.3. The van der Waals surface area contributed by atoms with Crippen molar-refractivity contribution in [3.8, 4) is 0 Å². The van der Waals surface area contributed by atoms with E-state index in [0.29, 0.717) is 10.2 Å². The largest absolute Gasteiger partial charge is 0.457 e. The molecule has 4 N–H and O–H groups in total. The van der Waals surface area contributed by atoms with Crippen LogP contribution in [0.1, 0.15) is 10.4 Å². The first-order chi connectivity index (χ1) is 6.63. The molecule has 0 aliphatic heterocycles. The molecule has 0 radical (unpaired) electrons. The zero-order valence-electron chi connectivity index (χ0n) is 7.03.